The van der Waals surface area contributed by atoms with Gasteiger partial charge in [0.2, 0.25) is 5.91 Å². The van der Waals surface area contributed by atoms with Crippen LogP contribution in [-0.2, 0) is 9.53 Å². The third-order valence-corrected chi connectivity index (χ3v) is 3.09. The van der Waals surface area contributed by atoms with Gasteiger partial charge in [-0.25, -0.2) is 9.18 Å². The maximum Gasteiger partial charge on any atom is 0.340 e. The molecule has 1 aliphatic carbocycles. The zero-order valence-electron chi connectivity index (χ0n) is 11.3. The van der Waals surface area contributed by atoms with E-state index in [9.17, 15) is 19.1 Å². The number of phenolic OH excluding ortho intramolecular Hbond substituents is 1. The molecule has 1 aromatic carbocycles. The van der Waals surface area contributed by atoms with E-state index in [4.69, 9.17) is 0 Å². The Morgan fingerprint density at radius 1 is 1.43 bits per heavy atom. The molecular formula is C15H14FNO4. The van der Waals surface area contributed by atoms with Crippen molar-refractivity contribution in [1.29, 1.82) is 0 Å². The average molecular weight is 291 g/mol. The summed E-state index contributed by atoms with van der Waals surface area (Å²) < 4.78 is 17.5. The predicted octanol–water partition coefficient (Wildman–Crippen LogP) is 2.55. The highest BCUT2D eigenvalue weighted by atomic mass is 19.1. The molecule has 0 fully saturated rings. The van der Waals surface area contributed by atoms with Crippen LogP contribution in [0.25, 0.3) is 0 Å². The number of ether oxygens (including phenoxy) is 1. The Morgan fingerprint density at radius 2 is 2.19 bits per heavy atom. The predicted molar refractivity (Wildman–Crippen MR) is 74.5 cm³/mol. The Labute approximate surface area is 120 Å². The van der Waals surface area contributed by atoms with E-state index in [1.54, 1.807) is 0 Å². The molecule has 0 spiro atoms. The van der Waals surface area contributed by atoms with Gasteiger partial charge in [0, 0.05) is 0 Å². The van der Waals surface area contributed by atoms with Crippen molar-refractivity contribution >= 4 is 17.6 Å². The van der Waals surface area contributed by atoms with Crippen molar-refractivity contribution < 1.29 is 23.8 Å². The van der Waals surface area contributed by atoms with Crippen LogP contribution in [-0.4, -0.2) is 24.1 Å². The molecule has 0 bridgehead atoms. The standard InChI is InChI=1S/C15H14FNO4/c1-21-15(20)11-3-2-4-12(18)13(11)17-14(19)9-5-7-10(16)8-6-9/h2-5,7-9,18H,6H2,1H3,(H,17,19). The number of hydrogen-bond donors (Lipinski definition) is 2. The van der Waals surface area contributed by atoms with E-state index >= 15 is 0 Å². The third-order valence-electron chi connectivity index (χ3n) is 3.09. The summed E-state index contributed by atoms with van der Waals surface area (Å²) in [5, 5.41) is 12.3. The van der Waals surface area contributed by atoms with Crippen LogP contribution in [0.5, 0.6) is 5.75 Å². The average Bonchev–Trinajstić information content (AvgIpc) is 2.49. The Hall–Kier alpha value is -2.63. The zero-order chi connectivity index (χ0) is 15.4. The van der Waals surface area contributed by atoms with Gasteiger partial charge in [-0.2, -0.15) is 0 Å². The smallest absolute Gasteiger partial charge is 0.340 e. The fourth-order valence-electron chi connectivity index (χ4n) is 1.96. The molecule has 6 heteroatoms. The van der Waals surface area contributed by atoms with Crippen LogP contribution >= 0.6 is 0 Å². The van der Waals surface area contributed by atoms with Crippen LogP contribution < -0.4 is 5.32 Å². The number of benzene rings is 1. The maximum atomic E-state index is 12.9. The van der Waals surface area contributed by atoms with Crippen LogP contribution in [0.2, 0.25) is 0 Å². The molecule has 1 atom stereocenters. The van der Waals surface area contributed by atoms with Crippen LogP contribution in [0.4, 0.5) is 10.1 Å². The molecular weight excluding hydrogens is 277 g/mol. The lowest BCUT2D eigenvalue weighted by atomic mass is 9.99. The number of allylic oxidation sites excluding steroid dienone is 3. The van der Waals surface area contributed by atoms with E-state index in [0.29, 0.717) is 0 Å². The van der Waals surface area contributed by atoms with Gasteiger partial charge in [-0.3, -0.25) is 4.79 Å². The summed E-state index contributed by atoms with van der Waals surface area (Å²) >= 11 is 0. The highest BCUT2D eigenvalue weighted by molar-refractivity contribution is 6.04. The number of rotatable bonds is 3. The second-order valence-electron chi connectivity index (χ2n) is 4.47. The largest absolute Gasteiger partial charge is 0.506 e. The summed E-state index contributed by atoms with van der Waals surface area (Å²) in [5.74, 6) is -2.31. The van der Waals surface area contributed by atoms with Crippen molar-refractivity contribution in [3.8, 4) is 5.75 Å². The number of para-hydroxylation sites is 1. The molecule has 0 saturated carbocycles. The van der Waals surface area contributed by atoms with Crippen molar-refractivity contribution in [2.24, 2.45) is 5.92 Å². The Balaban J connectivity index is 2.22. The summed E-state index contributed by atoms with van der Waals surface area (Å²) in [6, 6.07) is 4.24. The van der Waals surface area contributed by atoms with Crippen molar-refractivity contribution in [2.45, 2.75) is 6.42 Å². The van der Waals surface area contributed by atoms with Crippen molar-refractivity contribution in [3.63, 3.8) is 0 Å². The van der Waals surface area contributed by atoms with Crippen molar-refractivity contribution in [1.82, 2.24) is 0 Å². The minimum Gasteiger partial charge on any atom is -0.506 e. The fraction of sp³-hybridized carbons (Fsp3) is 0.200. The molecule has 1 unspecified atom stereocenters. The molecule has 110 valence electrons. The second kappa shape index (κ2) is 6.21. The monoisotopic (exact) mass is 291 g/mol. The number of carbonyl (C=O) groups excluding carboxylic acids is 2. The zero-order valence-corrected chi connectivity index (χ0v) is 11.3. The van der Waals surface area contributed by atoms with Gasteiger partial charge < -0.3 is 15.2 Å². The molecule has 0 radical (unpaired) electrons. The summed E-state index contributed by atoms with van der Waals surface area (Å²) in [6.07, 6.45) is 4.16. The quantitative estimate of drug-likeness (QED) is 0.663. The number of hydrogen-bond acceptors (Lipinski definition) is 4. The first-order valence-corrected chi connectivity index (χ1v) is 6.28. The van der Waals surface area contributed by atoms with Crippen LogP contribution in [0.1, 0.15) is 16.8 Å². The number of esters is 1. The normalized spacial score (nSPS) is 17.0. The van der Waals surface area contributed by atoms with Gasteiger partial charge in [0.25, 0.3) is 0 Å². The van der Waals surface area contributed by atoms with E-state index in [1.165, 1.54) is 43.5 Å². The third kappa shape index (κ3) is 3.28. The molecule has 0 aromatic heterocycles. The number of anilines is 1. The summed E-state index contributed by atoms with van der Waals surface area (Å²) in [4.78, 5) is 23.7. The molecule has 1 aliphatic rings. The topological polar surface area (TPSA) is 75.6 Å². The number of carbonyl (C=O) groups is 2. The number of aromatic hydroxyl groups is 1. The van der Waals surface area contributed by atoms with Gasteiger partial charge in [0.05, 0.1) is 24.3 Å². The lowest BCUT2D eigenvalue weighted by Gasteiger charge is -2.16. The minimum absolute atomic E-state index is 0.0159. The van der Waals surface area contributed by atoms with Gasteiger partial charge in [0.15, 0.2) is 0 Å². The lowest BCUT2D eigenvalue weighted by molar-refractivity contribution is -0.118. The van der Waals surface area contributed by atoms with E-state index in [0.717, 1.165) is 0 Å². The van der Waals surface area contributed by atoms with Crippen LogP contribution in [0.3, 0.4) is 0 Å². The van der Waals surface area contributed by atoms with E-state index < -0.39 is 23.6 Å². The molecule has 5 nitrogen and oxygen atoms in total. The first-order chi connectivity index (χ1) is 10.0. The number of phenols is 1. The maximum absolute atomic E-state index is 12.9. The molecule has 0 aliphatic heterocycles. The van der Waals surface area contributed by atoms with Crippen molar-refractivity contribution in [3.05, 3.63) is 47.8 Å². The van der Waals surface area contributed by atoms with E-state index in [2.05, 4.69) is 10.1 Å². The second-order valence-corrected chi connectivity index (χ2v) is 4.47. The summed E-state index contributed by atoms with van der Waals surface area (Å²) in [7, 11) is 1.20. The van der Waals surface area contributed by atoms with E-state index in [1.807, 2.05) is 0 Å². The summed E-state index contributed by atoms with van der Waals surface area (Å²) in [6.45, 7) is 0. The Bertz CT molecular complexity index is 637. The number of nitrogens with one attached hydrogen (secondary N) is 1. The first-order valence-electron chi connectivity index (χ1n) is 6.28. The SMILES string of the molecule is COC(=O)c1cccc(O)c1NC(=O)C1C=CC(F)=CC1. The van der Waals surface area contributed by atoms with Gasteiger partial charge in [-0.1, -0.05) is 12.1 Å². The van der Waals surface area contributed by atoms with Gasteiger partial charge in [0.1, 0.15) is 11.6 Å². The molecule has 1 amide bonds. The first kappa shape index (κ1) is 14.8. The highest BCUT2D eigenvalue weighted by Gasteiger charge is 2.22. The van der Waals surface area contributed by atoms with Gasteiger partial charge >= 0.3 is 5.97 Å². The number of methoxy groups -OCH3 is 1. The molecule has 2 N–H and O–H groups in total. The van der Waals surface area contributed by atoms with Crippen molar-refractivity contribution in [2.75, 3.05) is 12.4 Å². The highest BCUT2D eigenvalue weighted by Crippen LogP contribution is 2.29. The molecule has 0 heterocycles. The Morgan fingerprint density at radius 3 is 2.81 bits per heavy atom. The number of halogens is 1. The Kier molecular flexibility index (Phi) is 4.37. The summed E-state index contributed by atoms with van der Waals surface area (Å²) in [5.41, 5.74) is 0.0325. The molecule has 0 saturated heterocycles. The van der Waals surface area contributed by atoms with Gasteiger partial charge in [-0.05, 0) is 30.7 Å². The fourth-order valence-corrected chi connectivity index (χ4v) is 1.96. The van der Waals surface area contributed by atoms with Gasteiger partial charge in [-0.15, -0.1) is 0 Å². The van der Waals surface area contributed by atoms with Crippen LogP contribution in [0.15, 0.2) is 42.3 Å². The molecule has 2 rings (SSSR count). The lowest BCUT2D eigenvalue weighted by Crippen LogP contribution is -2.23. The molecule has 1 aromatic rings. The minimum atomic E-state index is -0.675. The van der Waals surface area contributed by atoms with Crippen LogP contribution in [0, 0.1) is 5.92 Å². The molecule has 21 heavy (non-hydrogen) atoms. The van der Waals surface area contributed by atoms with E-state index in [-0.39, 0.29) is 23.4 Å². The number of amides is 1.